The van der Waals surface area contributed by atoms with Crippen LogP contribution in [0.5, 0.6) is 0 Å². The maximum atomic E-state index is 12.3. The summed E-state index contributed by atoms with van der Waals surface area (Å²) >= 11 is 1.90. The number of amides is 1. The van der Waals surface area contributed by atoms with Gasteiger partial charge in [0.1, 0.15) is 0 Å². The minimum atomic E-state index is 0. The third kappa shape index (κ3) is 4.32. The number of carbonyl (C=O) groups is 1. The molecular weight excluding hydrogens is 344 g/mol. The Labute approximate surface area is 153 Å². The minimum absolute atomic E-state index is 0. The highest BCUT2D eigenvalue weighted by molar-refractivity contribution is 7.99. The van der Waals surface area contributed by atoms with Crippen LogP contribution in [0.3, 0.4) is 0 Å². The lowest BCUT2D eigenvalue weighted by Crippen LogP contribution is -2.40. The molecule has 24 heavy (non-hydrogen) atoms. The van der Waals surface area contributed by atoms with E-state index in [9.17, 15) is 4.79 Å². The van der Waals surface area contributed by atoms with Gasteiger partial charge in [0.2, 0.25) is 5.91 Å². The number of benzene rings is 1. The molecule has 5 nitrogen and oxygen atoms in total. The summed E-state index contributed by atoms with van der Waals surface area (Å²) in [6.07, 6.45) is 0.502. The molecule has 2 N–H and O–H groups in total. The number of para-hydroxylation sites is 1. The van der Waals surface area contributed by atoms with Crippen LogP contribution in [-0.2, 0) is 4.79 Å². The van der Waals surface area contributed by atoms with E-state index in [4.69, 9.17) is 0 Å². The second kappa shape index (κ2) is 8.55. The van der Waals surface area contributed by atoms with Gasteiger partial charge >= 0.3 is 0 Å². The van der Waals surface area contributed by atoms with Crippen LogP contribution >= 0.6 is 24.2 Å². The van der Waals surface area contributed by atoms with Gasteiger partial charge in [0.25, 0.3) is 0 Å². The van der Waals surface area contributed by atoms with Gasteiger partial charge in [-0.05, 0) is 26.0 Å². The fourth-order valence-electron chi connectivity index (χ4n) is 2.81. The summed E-state index contributed by atoms with van der Waals surface area (Å²) in [5, 5.41) is 11.0. The topological polar surface area (TPSA) is 59.0 Å². The second-order valence-corrected chi connectivity index (χ2v) is 6.92. The minimum Gasteiger partial charge on any atom is -0.323 e. The molecule has 2 aromatic rings. The summed E-state index contributed by atoms with van der Waals surface area (Å²) in [5.41, 5.74) is 3.61. The Hall–Kier alpha value is -1.50. The molecule has 0 saturated carbocycles. The third-order valence-corrected chi connectivity index (χ3v) is 5.12. The maximum absolute atomic E-state index is 12.3. The summed E-state index contributed by atoms with van der Waals surface area (Å²) in [4.78, 5) is 12.3. The van der Waals surface area contributed by atoms with Crippen molar-refractivity contribution in [3.8, 4) is 5.69 Å². The molecule has 1 aromatic carbocycles. The Kier molecular flexibility index (Phi) is 6.71. The van der Waals surface area contributed by atoms with Crippen molar-refractivity contribution in [1.29, 1.82) is 0 Å². The van der Waals surface area contributed by atoms with Crippen LogP contribution < -0.4 is 10.6 Å². The first kappa shape index (κ1) is 18.8. The monoisotopic (exact) mass is 366 g/mol. The molecule has 0 aliphatic carbocycles. The first-order valence-corrected chi connectivity index (χ1v) is 9.03. The van der Waals surface area contributed by atoms with Crippen molar-refractivity contribution in [2.75, 3.05) is 23.4 Å². The van der Waals surface area contributed by atoms with Crippen molar-refractivity contribution in [3.63, 3.8) is 0 Å². The van der Waals surface area contributed by atoms with Crippen molar-refractivity contribution in [2.24, 2.45) is 0 Å². The molecule has 1 aromatic heterocycles. The zero-order chi connectivity index (χ0) is 16.2. The number of rotatable bonds is 4. The Balaban J connectivity index is 0.00000208. The van der Waals surface area contributed by atoms with Gasteiger partial charge in [0, 0.05) is 30.5 Å². The smallest absolute Gasteiger partial charge is 0.226 e. The maximum Gasteiger partial charge on any atom is 0.226 e. The Bertz CT molecular complexity index is 683. The number of carbonyl (C=O) groups excluding carboxylic acids is 1. The molecule has 1 aliphatic rings. The third-order valence-electron chi connectivity index (χ3n) is 3.99. The molecule has 0 bridgehead atoms. The van der Waals surface area contributed by atoms with Crippen molar-refractivity contribution in [3.05, 3.63) is 41.7 Å². The van der Waals surface area contributed by atoms with Gasteiger partial charge in [-0.25, -0.2) is 4.68 Å². The number of thioether (sulfide) groups is 1. The van der Waals surface area contributed by atoms with E-state index in [1.807, 2.05) is 60.6 Å². The van der Waals surface area contributed by atoms with Crippen LogP contribution in [0, 0.1) is 13.8 Å². The highest BCUT2D eigenvalue weighted by atomic mass is 35.5. The fourth-order valence-corrected chi connectivity index (χ4v) is 3.76. The molecule has 1 fully saturated rings. The van der Waals surface area contributed by atoms with Gasteiger partial charge < -0.3 is 10.6 Å². The van der Waals surface area contributed by atoms with E-state index in [1.54, 1.807) is 0 Å². The van der Waals surface area contributed by atoms with Crippen molar-refractivity contribution < 1.29 is 4.79 Å². The normalized spacial score (nSPS) is 17.2. The molecule has 2 heterocycles. The van der Waals surface area contributed by atoms with E-state index >= 15 is 0 Å². The van der Waals surface area contributed by atoms with Gasteiger partial charge in [-0.2, -0.15) is 16.9 Å². The van der Waals surface area contributed by atoms with Gasteiger partial charge in [-0.1, -0.05) is 18.2 Å². The molecule has 1 saturated heterocycles. The molecule has 1 amide bonds. The number of anilines is 1. The van der Waals surface area contributed by atoms with E-state index in [-0.39, 0.29) is 24.4 Å². The van der Waals surface area contributed by atoms with Gasteiger partial charge in [0.15, 0.2) is 0 Å². The number of hydrogen-bond acceptors (Lipinski definition) is 4. The first-order chi connectivity index (χ1) is 11.1. The molecule has 0 spiro atoms. The number of halogens is 1. The van der Waals surface area contributed by atoms with Crippen LogP contribution in [-0.4, -0.2) is 39.8 Å². The molecule has 0 radical (unpaired) electrons. The van der Waals surface area contributed by atoms with Crippen LogP contribution in [0.1, 0.15) is 17.8 Å². The van der Waals surface area contributed by atoms with Gasteiger partial charge in [0.05, 0.1) is 22.8 Å². The zero-order valence-electron chi connectivity index (χ0n) is 13.9. The summed E-state index contributed by atoms with van der Waals surface area (Å²) in [6, 6.07) is 10.2. The van der Waals surface area contributed by atoms with Crippen molar-refractivity contribution in [2.45, 2.75) is 26.3 Å². The summed E-state index contributed by atoms with van der Waals surface area (Å²) in [5.74, 6) is 2.17. The number of nitrogens with zero attached hydrogens (tertiary/aromatic N) is 2. The molecule has 130 valence electrons. The average molecular weight is 367 g/mol. The molecule has 3 rings (SSSR count). The zero-order valence-corrected chi connectivity index (χ0v) is 15.5. The summed E-state index contributed by atoms with van der Waals surface area (Å²) in [6.45, 7) is 4.89. The molecule has 1 aliphatic heterocycles. The Morgan fingerprint density at radius 1 is 1.38 bits per heavy atom. The lowest BCUT2D eigenvalue weighted by molar-refractivity contribution is -0.116. The fraction of sp³-hybridized carbons (Fsp3) is 0.412. The van der Waals surface area contributed by atoms with E-state index in [2.05, 4.69) is 15.7 Å². The van der Waals surface area contributed by atoms with E-state index < -0.39 is 0 Å². The van der Waals surface area contributed by atoms with E-state index in [0.29, 0.717) is 6.42 Å². The molecule has 1 atom stereocenters. The Morgan fingerprint density at radius 2 is 2.12 bits per heavy atom. The number of nitrogens with one attached hydrogen (secondary N) is 2. The standard InChI is InChI=1S/C17H22N4OS.ClH/c1-12-17(19-16(22)10-14-11-23-9-8-18-14)13(2)21(20-12)15-6-4-3-5-7-15;/h3-7,14,18H,8-11H2,1-2H3,(H,19,22);1H. The van der Waals surface area contributed by atoms with Crippen LogP contribution in [0.15, 0.2) is 30.3 Å². The van der Waals surface area contributed by atoms with E-state index in [0.717, 1.165) is 40.8 Å². The van der Waals surface area contributed by atoms with Crippen LogP contribution in [0.25, 0.3) is 5.69 Å². The number of hydrogen-bond donors (Lipinski definition) is 2. The van der Waals surface area contributed by atoms with Gasteiger partial charge in [-0.15, -0.1) is 12.4 Å². The van der Waals surface area contributed by atoms with Crippen LogP contribution in [0.4, 0.5) is 5.69 Å². The van der Waals surface area contributed by atoms with Crippen molar-refractivity contribution in [1.82, 2.24) is 15.1 Å². The molecule has 7 heteroatoms. The Morgan fingerprint density at radius 3 is 2.79 bits per heavy atom. The average Bonchev–Trinajstić information content (AvgIpc) is 2.85. The van der Waals surface area contributed by atoms with Crippen LogP contribution in [0.2, 0.25) is 0 Å². The second-order valence-electron chi connectivity index (χ2n) is 5.77. The lowest BCUT2D eigenvalue weighted by atomic mass is 10.2. The SMILES string of the molecule is Cc1nn(-c2ccccc2)c(C)c1NC(=O)CC1CSCCN1.Cl. The quantitative estimate of drug-likeness (QED) is 0.873. The van der Waals surface area contributed by atoms with Crippen molar-refractivity contribution >= 4 is 35.8 Å². The summed E-state index contributed by atoms with van der Waals surface area (Å²) in [7, 11) is 0. The van der Waals surface area contributed by atoms with Gasteiger partial charge in [-0.3, -0.25) is 4.79 Å². The largest absolute Gasteiger partial charge is 0.323 e. The molecular formula is C17H23ClN4OS. The summed E-state index contributed by atoms with van der Waals surface area (Å²) < 4.78 is 1.87. The highest BCUT2D eigenvalue weighted by Gasteiger charge is 2.19. The number of aryl methyl sites for hydroxylation is 1. The number of aromatic nitrogens is 2. The highest BCUT2D eigenvalue weighted by Crippen LogP contribution is 2.23. The lowest BCUT2D eigenvalue weighted by Gasteiger charge is -2.22. The predicted molar refractivity (Wildman–Crippen MR) is 103 cm³/mol. The first-order valence-electron chi connectivity index (χ1n) is 7.88. The molecule has 1 unspecified atom stereocenters. The predicted octanol–water partition coefficient (Wildman–Crippen LogP) is 2.94. The van der Waals surface area contributed by atoms with E-state index in [1.165, 1.54) is 0 Å².